The van der Waals surface area contributed by atoms with Crippen LogP contribution in [0, 0.1) is 0 Å². The Kier molecular flexibility index (Phi) is 7.49. The number of unbranched alkanes of at least 4 members (excludes halogenated alkanes) is 1. The smallest absolute Gasteiger partial charge is 0.318 e. The van der Waals surface area contributed by atoms with Crippen LogP contribution in [0.15, 0.2) is 0 Å². The van der Waals surface area contributed by atoms with Gasteiger partial charge in [0.25, 0.3) is 0 Å². The molecule has 0 aromatic carbocycles. The summed E-state index contributed by atoms with van der Waals surface area (Å²) >= 11 is 0. The first kappa shape index (κ1) is 17.7. The van der Waals surface area contributed by atoms with Gasteiger partial charge < -0.3 is 15.3 Å². The minimum absolute atomic E-state index is 0.0825. The minimum atomic E-state index is -0.908. The van der Waals surface area contributed by atoms with Crippen molar-refractivity contribution in [1.82, 2.24) is 10.2 Å². The number of carbonyl (C=O) groups excluding carboxylic acids is 1. The van der Waals surface area contributed by atoms with Crippen molar-refractivity contribution in [2.45, 2.75) is 71.9 Å². The van der Waals surface area contributed by atoms with E-state index in [4.69, 9.17) is 5.11 Å². The Morgan fingerprint density at radius 2 is 1.89 bits per heavy atom. The molecule has 0 aromatic rings. The number of hydrogen-bond donors (Lipinski definition) is 2. The fraction of sp³-hybridized carbons (Fsp3) is 0.857. The number of carbonyl (C=O) groups is 2. The molecule has 2 amide bonds. The van der Waals surface area contributed by atoms with Crippen LogP contribution in [0.25, 0.3) is 0 Å². The molecular formula is C14H28N2O3. The molecule has 1 unspecified atom stereocenters. The van der Waals surface area contributed by atoms with Crippen molar-refractivity contribution < 1.29 is 14.7 Å². The first-order valence-corrected chi connectivity index (χ1v) is 7.04. The maximum Gasteiger partial charge on any atom is 0.318 e. The van der Waals surface area contributed by atoms with E-state index in [0.717, 1.165) is 19.3 Å². The summed E-state index contributed by atoms with van der Waals surface area (Å²) in [4.78, 5) is 24.8. The molecule has 19 heavy (non-hydrogen) atoms. The van der Waals surface area contributed by atoms with E-state index in [1.807, 2.05) is 13.8 Å². The molecule has 5 nitrogen and oxygen atoms in total. The normalized spacial score (nSPS) is 12.9. The van der Waals surface area contributed by atoms with Gasteiger partial charge in [0.2, 0.25) is 0 Å². The topological polar surface area (TPSA) is 69.6 Å². The number of urea groups is 1. The average Bonchev–Trinajstić information content (AvgIpc) is 2.26. The van der Waals surface area contributed by atoms with Crippen molar-refractivity contribution in [3.8, 4) is 0 Å². The van der Waals surface area contributed by atoms with Crippen molar-refractivity contribution in [3.05, 3.63) is 0 Å². The van der Waals surface area contributed by atoms with Crippen molar-refractivity contribution in [3.63, 3.8) is 0 Å². The first-order valence-electron chi connectivity index (χ1n) is 7.04. The monoisotopic (exact) mass is 272 g/mol. The van der Waals surface area contributed by atoms with Gasteiger partial charge in [-0.15, -0.1) is 0 Å². The molecule has 0 saturated carbocycles. The molecule has 0 heterocycles. The Bertz CT molecular complexity index is 303. The lowest BCUT2D eigenvalue weighted by Gasteiger charge is -2.33. The molecule has 0 radical (unpaired) electrons. The summed E-state index contributed by atoms with van der Waals surface area (Å²) in [6.45, 7) is 10.3. The third-order valence-corrected chi connectivity index (χ3v) is 3.17. The molecule has 5 heteroatoms. The number of rotatable bonds is 8. The Morgan fingerprint density at radius 3 is 2.32 bits per heavy atom. The number of nitrogens with zero attached hydrogens (tertiary/aromatic N) is 1. The number of hydrogen-bond acceptors (Lipinski definition) is 2. The number of aliphatic carboxylic acids is 1. The van der Waals surface area contributed by atoms with Gasteiger partial charge in [0.05, 0.1) is 6.42 Å². The quantitative estimate of drug-likeness (QED) is 0.714. The van der Waals surface area contributed by atoms with Crippen molar-refractivity contribution in [2.75, 3.05) is 6.54 Å². The molecule has 0 aliphatic rings. The van der Waals surface area contributed by atoms with Crippen LogP contribution >= 0.6 is 0 Å². The molecule has 0 aliphatic carbocycles. The van der Waals surface area contributed by atoms with E-state index in [2.05, 4.69) is 12.2 Å². The average molecular weight is 272 g/mol. The molecule has 0 fully saturated rings. The zero-order chi connectivity index (χ0) is 15.1. The van der Waals surface area contributed by atoms with E-state index in [0.29, 0.717) is 6.54 Å². The fourth-order valence-electron chi connectivity index (χ4n) is 1.85. The highest BCUT2D eigenvalue weighted by atomic mass is 16.4. The number of carboxylic acid groups (broad SMARTS) is 1. The molecule has 112 valence electrons. The van der Waals surface area contributed by atoms with Crippen molar-refractivity contribution >= 4 is 12.0 Å². The summed E-state index contributed by atoms with van der Waals surface area (Å²) in [6, 6.07) is -0.0128. The largest absolute Gasteiger partial charge is 0.481 e. The molecule has 0 bridgehead atoms. The zero-order valence-corrected chi connectivity index (χ0v) is 12.8. The predicted molar refractivity (Wildman–Crippen MR) is 76.2 cm³/mol. The van der Waals surface area contributed by atoms with E-state index in [1.165, 1.54) is 0 Å². The van der Waals surface area contributed by atoms with Crippen LogP contribution in [-0.2, 0) is 4.79 Å². The second-order valence-corrected chi connectivity index (χ2v) is 5.69. The van der Waals surface area contributed by atoms with Gasteiger partial charge in [-0.25, -0.2) is 4.79 Å². The van der Waals surface area contributed by atoms with Gasteiger partial charge >= 0.3 is 12.0 Å². The molecule has 0 rings (SSSR count). The number of nitrogens with one attached hydrogen (secondary N) is 1. The standard InChI is InChI=1S/C14H28N2O3/c1-6-8-9-16(11(3)7-2)13(19)15-14(4,5)10-12(17)18/h11H,6-10H2,1-5H3,(H,15,19)(H,17,18). The second-order valence-electron chi connectivity index (χ2n) is 5.69. The molecule has 1 atom stereocenters. The van der Waals surface area contributed by atoms with Gasteiger partial charge in [-0.05, 0) is 33.6 Å². The van der Waals surface area contributed by atoms with Crippen molar-refractivity contribution in [1.29, 1.82) is 0 Å². The Balaban J connectivity index is 4.66. The third-order valence-electron chi connectivity index (χ3n) is 3.17. The number of amides is 2. The van der Waals surface area contributed by atoms with Crippen LogP contribution in [0.3, 0.4) is 0 Å². The van der Waals surface area contributed by atoms with Crippen LogP contribution in [0.4, 0.5) is 4.79 Å². The summed E-state index contributed by atoms with van der Waals surface area (Å²) in [5, 5.41) is 11.7. The van der Waals surface area contributed by atoms with E-state index < -0.39 is 11.5 Å². The van der Waals surface area contributed by atoms with Gasteiger partial charge in [-0.2, -0.15) is 0 Å². The van der Waals surface area contributed by atoms with E-state index in [-0.39, 0.29) is 18.5 Å². The lowest BCUT2D eigenvalue weighted by molar-refractivity contribution is -0.138. The summed E-state index contributed by atoms with van der Waals surface area (Å²) in [5.74, 6) is -0.908. The van der Waals surface area contributed by atoms with Gasteiger partial charge in [-0.3, -0.25) is 4.79 Å². The lowest BCUT2D eigenvalue weighted by atomic mass is 10.0. The summed E-state index contributed by atoms with van der Waals surface area (Å²) < 4.78 is 0. The van der Waals surface area contributed by atoms with Gasteiger partial charge in [-0.1, -0.05) is 20.3 Å². The van der Waals surface area contributed by atoms with E-state index in [9.17, 15) is 9.59 Å². The highest BCUT2D eigenvalue weighted by Crippen LogP contribution is 2.12. The van der Waals surface area contributed by atoms with Crippen LogP contribution in [0.5, 0.6) is 0 Å². The summed E-state index contributed by atoms with van der Waals surface area (Å²) in [6.07, 6.45) is 2.78. The maximum atomic E-state index is 12.3. The molecule has 0 aliphatic heterocycles. The highest BCUT2D eigenvalue weighted by molar-refractivity contribution is 5.77. The van der Waals surface area contributed by atoms with Gasteiger partial charge in [0.15, 0.2) is 0 Å². The molecule has 2 N–H and O–H groups in total. The Hall–Kier alpha value is -1.26. The minimum Gasteiger partial charge on any atom is -0.481 e. The summed E-state index contributed by atoms with van der Waals surface area (Å²) in [7, 11) is 0. The molecular weight excluding hydrogens is 244 g/mol. The SMILES string of the molecule is CCCCN(C(=O)NC(C)(C)CC(=O)O)C(C)CC. The van der Waals surface area contributed by atoms with Gasteiger partial charge in [0, 0.05) is 18.1 Å². The fourth-order valence-corrected chi connectivity index (χ4v) is 1.85. The van der Waals surface area contributed by atoms with E-state index >= 15 is 0 Å². The summed E-state index contributed by atoms with van der Waals surface area (Å²) in [5.41, 5.74) is -0.735. The molecule has 0 saturated heterocycles. The third kappa shape index (κ3) is 7.03. The zero-order valence-electron chi connectivity index (χ0n) is 12.8. The molecule has 0 aromatic heterocycles. The number of carboxylic acids is 1. The highest BCUT2D eigenvalue weighted by Gasteiger charge is 2.27. The van der Waals surface area contributed by atoms with Crippen molar-refractivity contribution in [2.24, 2.45) is 0 Å². The lowest BCUT2D eigenvalue weighted by Crippen LogP contribution is -2.53. The van der Waals surface area contributed by atoms with Crippen LogP contribution < -0.4 is 5.32 Å². The van der Waals surface area contributed by atoms with E-state index in [1.54, 1.807) is 18.7 Å². The van der Waals surface area contributed by atoms with Crippen LogP contribution in [0.1, 0.15) is 60.3 Å². The Labute approximate surface area is 116 Å². The Morgan fingerprint density at radius 1 is 1.32 bits per heavy atom. The predicted octanol–water partition coefficient (Wildman–Crippen LogP) is 2.85. The van der Waals surface area contributed by atoms with Gasteiger partial charge in [0.1, 0.15) is 0 Å². The first-order chi connectivity index (χ1) is 8.73. The maximum absolute atomic E-state index is 12.3. The van der Waals surface area contributed by atoms with Crippen LogP contribution in [0.2, 0.25) is 0 Å². The van der Waals surface area contributed by atoms with Crippen LogP contribution in [-0.4, -0.2) is 40.1 Å². The second kappa shape index (κ2) is 8.02. The molecule has 0 spiro atoms.